The molecule has 0 bridgehead atoms. The van der Waals surface area contributed by atoms with Gasteiger partial charge in [0, 0.05) is 6.04 Å². The van der Waals surface area contributed by atoms with Crippen LogP contribution in [0.25, 0.3) is 11.0 Å². The van der Waals surface area contributed by atoms with Gasteiger partial charge in [0.1, 0.15) is 11.6 Å². The maximum atomic E-state index is 13.3. The van der Waals surface area contributed by atoms with E-state index in [4.69, 9.17) is 0 Å². The lowest BCUT2D eigenvalue weighted by Gasteiger charge is -2.16. The summed E-state index contributed by atoms with van der Waals surface area (Å²) in [7, 11) is 0. The third kappa shape index (κ3) is 3.11. The molecule has 1 atom stereocenters. The normalized spacial score (nSPS) is 12.7. The van der Waals surface area contributed by atoms with Crippen molar-refractivity contribution in [3.8, 4) is 0 Å². The molecule has 1 unspecified atom stereocenters. The predicted molar refractivity (Wildman–Crippen MR) is 82.4 cm³/mol. The minimum atomic E-state index is -0.198. The van der Waals surface area contributed by atoms with Crippen molar-refractivity contribution < 1.29 is 4.39 Å². The monoisotopic (exact) mass is 283 g/mol. The summed E-state index contributed by atoms with van der Waals surface area (Å²) >= 11 is 0. The molecule has 3 nitrogen and oxygen atoms in total. The summed E-state index contributed by atoms with van der Waals surface area (Å²) in [4.78, 5) is 7.83. The number of fused-ring (bicyclic) bond motifs is 1. The Labute approximate surface area is 123 Å². The second-order valence-corrected chi connectivity index (χ2v) is 5.10. The van der Waals surface area contributed by atoms with E-state index in [1.165, 1.54) is 6.07 Å². The van der Waals surface area contributed by atoms with E-state index in [0.717, 1.165) is 28.8 Å². The van der Waals surface area contributed by atoms with E-state index in [1.54, 1.807) is 12.1 Å². The van der Waals surface area contributed by atoms with E-state index >= 15 is 0 Å². The Bertz CT molecular complexity index is 702. The summed E-state index contributed by atoms with van der Waals surface area (Å²) in [6.07, 6.45) is 0.893. The quantitative estimate of drug-likeness (QED) is 0.744. The van der Waals surface area contributed by atoms with Crippen LogP contribution in [0.3, 0.4) is 0 Å². The maximum Gasteiger partial charge on any atom is 0.123 e. The molecular formula is C17H18FN3. The smallest absolute Gasteiger partial charge is 0.123 e. The van der Waals surface area contributed by atoms with Crippen LogP contribution in [0.2, 0.25) is 0 Å². The van der Waals surface area contributed by atoms with Gasteiger partial charge in [-0.15, -0.1) is 0 Å². The van der Waals surface area contributed by atoms with Gasteiger partial charge in [0.05, 0.1) is 17.6 Å². The molecule has 21 heavy (non-hydrogen) atoms. The molecule has 0 radical (unpaired) electrons. The molecule has 0 aliphatic carbocycles. The largest absolute Gasteiger partial charge is 0.341 e. The fourth-order valence-electron chi connectivity index (χ4n) is 2.53. The molecule has 0 fully saturated rings. The number of H-pyrrole nitrogens is 1. The van der Waals surface area contributed by atoms with Crippen LogP contribution in [0.4, 0.5) is 4.39 Å². The highest BCUT2D eigenvalue weighted by molar-refractivity contribution is 5.74. The molecular weight excluding hydrogens is 265 g/mol. The van der Waals surface area contributed by atoms with E-state index in [0.29, 0.717) is 6.54 Å². The lowest BCUT2D eigenvalue weighted by molar-refractivity contribution is 0.506. The lowest BCUT2D eigenvalue weighted by Crippen LogP contribution is -2.21. The van der Waals surface area contributed by atoms with Crippen LogP contribution >= 0.6 is 0 Å². The zero-order valence-electron chi connectivity index (χ0n) is 11.9. The molecule has 3 rings (SSSR count). The van der Waals surface area contributed by atoms with Gasteiger partial charge in [-0.2, -0.15) is 0 Å². The SMILES string of the molecule is CCC(NCc1nc2ccccc2[nH]1)c1cccc(F)c1. The average molecular weight is 283 g/mol. The number of hydrogen-bond donors (Lipinski definition) is 2. The number of para-hydroxylation sites is 2. The first-order chi connectivity index (χ1) is 10.3. The molecule has 0 saturated carbocycles. The van der Waals surface area contributed by atoms with Gasteiger partial charge in [-0.05, 0) is 36.2 Å². The zero-order chi connectivity index (χ0) is 14.7. The summed E-state index contributed by atoms with van der Waals surface area (Å²) in [6, 6.07) is 14.8. The topological polar surface area (TPSA) is 40.7 Å². The number of aromatic amines is 1. The number of benzene rings is 2. The summed E-state index contributed by atoms with van der Waals surface area (Å²) in [5, 5.41) is 3.43. The van der Waals surface area contributed by atoms with Gasteiger partial charge in [-0.1, -0.05) is 31.2 Å². The third-order valence-corrected chi connectivity index (χ3v) is 3.61. The molecule has 4 heteroatoms. The van der Waals surface area contributed by atoms with Gasteiger partial charge in [0.2, 0.25) is 0 Å². The molecule has 3 aromatic rings. The fraction of sp³-hybridized carbons (Fsp3) is 0.235. The van der Waals surface area contributed by atoms with E-state index in [9.17, 15) is 4.39 Å². The molecule has 108 valence electrons. The van der Waals surface area contributed by atoms with Crippen LogP contribution in [-0.2, 0) is 6.54 Å². The predicted octanol–water partition coefficient (Wildman–Crippen LogP) is 3.94. The second-order valence-electron chi connectivity index (χ2n) is 5.10. The van der Waals surface area contributed by atoms with Gasteiger partial charge in [0.15, 0.2) is 0 Å². The van der Waals surface area contributed by atoms with Gasteiger partial charge in [-0.3, -0.25) is 0 Å². The third-order valence-electron chi connectivity index (χ3n) is 3.61. The lowest BCUT2D eigenvalue weighted by atomic mass is 10.0. The summed E-state index contributed by atoms with van der Waals surface area (Å²) < 4.78 is 13.3. The molecule has 1 heterocycles. The fourth-order valence-corrected chi connectivity index (χ4v) is 2.53. The first-order valence-corrected chi connectivity index (χ1v) is 7.18. The standard InChI is InChI=1S/C17H18FN3/c1-2-14(12-6-5-7-13(18)10-12)19-11-17-20-15-8-3-4-9-16(15)21-17/h3-10,14,19H,2,11H2,1H3,(H,20,21). The summed E-state index contributed by atoms with van der Waals surface area (Å²) in [6.45, 7) is 2.71. The molecule has 0 amide bonds. The van der Waals surface area contributed by atoms with E-state index in [-0.39, 0.29) is 11.9 Å². The van der Waals surface area contributed by atoms with Crippen molar-refractivity contribution >= 4 is 11.0 Å². The van der Waals surface area contributed by atoms with Crippen LogP contribution in [0.15, 0.2) is 48.5 Å². The highest BCUT2D eigenvalue weighted by atomic mass is 19.1. The van der Waals surface area contributed by atoms with Crippen molar-refractivity contribution in [3.05, 3.63) is 65.7 Å². The Morgan fingerprint density at radius 1 is 1.19 bits per heavy atom. The van der Waals surface area contributed by atoms with E-state index in [2.05, 4.69) is 22.2 Å². The minimum Gasteiger partial charge on any atom is -0.341 e. The van der Waals surface area contributed by atoms with Gasteiger partial charge >= 0.3 is 0 Å². The van der Waals surface area contributed by atoms with Crippen molar-refractivity contribution in [2.45, 2.75) is 25.9 Å². The molecule has 0 aliphatic rings. The Kier molecular flexibility index (Phi) is 3.97. The zero-order valence-corrected chi connectivity index (χ0v) is 11.9. The Morgan fingerprint density at radius 3 is 2.81 bits per heavy atom. The van der Waals surface area contributed by atoms with E-state index < -0.39 is 0 Å². The summed E-state index contributed by atoms with van der Waals surface area (Å²) in [5.74, 6) is 0.697. The minimum absolute atomic E-state index is 0.119. The van der Waals surface area contributed by atoms with Crippen LogP contribution in [0, 0.1) is 5.82 Å². The first kappa shape index (κ1) is 13.8. The van der Waals surface area contributed by atoms with Gasteiger partial charge in [-0.25, -0.2) is 9.37 Å². The van der Waals surface area contributed by atoms with E-state index in [1.807, 2.05) is 30.3 Å². The molecule has 2 N–H and O–H groups in total. The number of nitrogens with zero attached hydrogens (tertiary/aromatic N) is 1. The Morgan fingerprint density at radius 2 is 2.05 bits per heavy atom. The van der Waals surface area contributed by atoms with Crippen molar-refractivity contribution in [1.29, 1.82) is 0 Å². The second kappa shape index (κ2) is 6.06. The van der Waals surface area contributed by atoms with Crippen molar-refractivity contribution in [1.82, 2.24) is 15.3 Å². The number of halogens is 1. The van der Waals surface area contributed by atoms with Gasteiger partial charge < -0.3 is 10.3 Å². The van der Waals surface area contributed by atoms with Gasteiger partial charge in [0.25, 0.3) is 0 Å². The number of hydrogen-bond acceptors (Lipinski definition) is 2. The molecule has 0 spiro atoms. The first-order valence-electron chi connectivity index (χ1n) is 7.18. The van der Waals surface area contributed by atoms with Crippen LogP contribution in [0.5, 0.6) is 0 Å². The molecule has 0 aliphatic heterocycles. The number of nitrogens with one attached hydrogen (secondary N) is 2. The number of rotatable bonds is 5. The van der Waals surface area contributed by atoms with Crippen molar-refractivity contribution in [2.75, 3.05) is 0 Å². The highest BCUT2D eigenvalue weighted by Gasteiger charge is 2.10. The van der Waals surface area contributed by atoms with Crippen molar-refractivity contribution in [2.24, 2.45) is 0 Å². The molecule has 0 saturated heterocycles. The number of imidazole rings is 1. The number of aromatic nitrogens is 2. The Balaban J connectivity index is 1.73. The van der Waals surface area contributed by atoms with Crippen LogP contribution < -0.4 is 5.32 Å². The molecule has 2 aromatic carbocycles. The maximum absolute atomic E-state index is 13.3. The summed E-state index contributed by atoms with van der Waals surface area (Å²) in [5.41, 5.74) is 2.97. The average Bonchev–Trinajstić information content (AvgIpc) is 2.91. The van der Waals surface area contributed by atoms with Crippen molar-refractivity contribution in [3.63, 3.8) is 0 Å². The van der Waals surface area contributed by atoms with Crippen LogP contribution in [0.1, 0.15) is 30.8 Å². The Hall–Kier alpha value is -2.20. The van der Waals surface area contributed by atoms with Crippen LogP contribution in [-0.4, -0.2) is 9.97 Å². The molecule has 1 aromatic heterocycles. The highest BCUT2D eigenvalue weighted by Crippen LogP contribution is 2.18.